The molecule has 0 radical (unpaired) electrons. The number of nitrogens with two attached hydrogens (primary N) is 1. The zero-order chi connectivity index (χ0) is 11.4. The van der Waals surface area contributed by atoms with E-state index in [0.29, 0.717) is 11.7 Å². The lowest BCUT2D eigenvalue weighted by atomic mass is 10.0. The van der Waals surface area contributed by atoms with E-state index >= 15 is 0 Å². The quantitative estimate of drug-likeness (QED) is 0.843. The van der Waals surface area contributed by atoms with E-state index in [0.717, 1.165) is 19.0 Å². The van der Waals surface area contributed by atoms with Crippen molar-refractivity contribution in [3.63, 3.8) is 0 Å². The highest BCUT2D eigenvalue weighted by atomic mass is 16.5. The predicted octanol–water partition coefficient (Wildman–Crippen LogP) is 1.67. The lowest BCUT2D eigenvalue weighted by Gasteiger charge is -2.36. The molecule has 0 spiro atoms. The van der Waals surface area contributed by atoms with Crippen LogP contribution < -0.4 is 10.6 Å². The summed E-state index contributed by atoms with van der Waals surface area (Å²) in [6.07, 6.45) is 5.40. The summed E-state index contributed by atoms with van der Waals surface area (Å²) in [5.74, 6) is 1.01. The Hall–Kier alpha value is -1.29. The maximum atomic E-state index is 5.64. The fourth-order valence-corrected chi connectivity index (χ4v) is 2.24. The van der Waals surface area contributed by atoms with Crippen LogP contribution in [-0.2, 0) is 4.74 Å². The SMILES string of the molecule is COC[C@@H]1CCCCN1c1ccc(N)cn1. The molecule has 0 unspecified atom stereocenters. The van der Waals surface area contributed by atoms with Gasteiger partial charge >= 0.3 is 0 Å². The summed E-state index contributed by atoms with van der Waals surface area (Å²) < 4.78 is 5.26. The third-order valence-electron chi connectivity index (χ3n) is 3.05. The molecule has 0 amide bonds. The zero-order valence-electron chi connectivity index (χ0n) is 9.72. The average Bonchev–Trinajstić information content (AvgIpc) is 2.32. The molecule has 4 nitrogen and oxygen atoms in total. The highest BCUT2D eigenvalue weighted by Gasteiger charge is 2.23. The molecule has 0 saturated carbocycles. The zero-order valence-corrected chi connectivity index (χ0v) is 9.72. The molecular formula is C12H19N3O. The third-order valence-corrected chi connectivity index (χ3v) is 3.05. The largest absolute Gasteiger partial charge is 0.397 e. The van der Waals surface area contributed by atoms with E-state index in [-0.39, 0.29) is 0 Å². The van der Waals surface area contributed by atoms with E-state index in [1.807, 2.05) is 12.1 Å². The maximum absolute atomic E-state index is 5.64. The second-order valence-electron chi connectivity index (χ2n) is 4.25. The Morgan fingerprint density at radius 1 is 1.50 bits per heavy atom. The van der Waals surface area contributed by atoms with E-state index in [1.54, 1.807) is 13.3 Å². The Kier molecular flexibility index (Phi) is 3.62. The van der Waals surface area contributed by atoms with Crippen molar-refractivity contribution >= 4 is 11.5 Å². The van der Waals surface area contributed by atoms with Crippen molar-refractivity contribution in [3.05, 3.63) is 18.3 Å². The summed E-state index contributed by atoms with van der Waals surface area (Å²) in [6, 6.07) is 4.35. The van der Waals surface area contributed by atoms with Crippen molar-refractivity contribution < 1.29 is 4.74 Å². The third kappa shape index (κ3) is 2.44. The van der Waals surface area contributed by atoms with Gasteiger partial charge in [-0.3, -0.25) is 0 Å². The molecule has 0 aliphatic carbocycles. The summed E-state index contributed by atoms with van der Waals surface area (Å²) >= 11 is 0. The molecule has 1 aliphatic heterocycles. The van der Waals surface area contributed by atoms with Crippen LogP contribution in [0.25, 0.3) is 0 Å². The van der Waals surface area contributed by atoms with Crippen LogP contribution in [0, 0.1) is 0 Å². The van der Waals surface area contributed by atoms with Gasteiger partial charge in [-0.15, -0.1) is 0 Å². The Morgan fingerprint density at radius 3 is 3.06 bits per heavy atom. The van der Waals surface area contributed by atoms with Crippen molar-refractivity contribution in [2.45, 2.75) is 25.3 Å². The molecule has 4 heteroatoms. The number of aromatic nitrogens is 1. The first-order valence-electron chi connectivity index (χ1n) is 5.78. The first-order chi connectivity index (χ1) is 7.81. The molecule has 1 atom stereocenters. The average molecular weight is 221 g/mol. The Bertz CT molecular complexity index is 324. The molecule has 1 aromatic rings. The minimum absolute atomic E-state index is 0.454. The van der Waals surface area contributed by atoms with Crippen LogP contribution >= 0.6 is 0 Å². The lowest BCUT2D eigenvalue weighted by molar-refractivity contribution is 0.166. The van der Waals surface area contributed by atoms with Crippen molar-refractivity contribution in [3.8, 4) is 0 Å². The van der Waals surface area contributed by atoms with Crippen molar-refractivity contribution in [2.24, 2.45) is 0 Å². The van der Waals surface area contributed by atoms with E-state index < -0.39 is 0 Å². The number of piperidine rings is 1. The van der Waals surface area contributed by atoms with Gasteiger partial charge < -0.3 is 15.4 Å². The fraction of sp³-hybridized carbons (Fsp3) is 0.583. The molecule has 0 bridgehead atoms. The monoisotopic (exact) mass is 221 g/mol. The summed E-state index contributed by atoms with van der Waals surface area (Å²) in [6.45, 7) is 1.83. The topological polar surface area (TPSA) is 51.4 Å². The number of rotatable bonds is 3. The second-order valence-corrected chi connectivity index (χ2v) is 4.25. The summed E-state index contributed by atoms with van der Waals surface area (Å²) in [4.78, 5) is 6.71. The Morgan fingerprint density at radius 2 is 2.38 bits per heavy atom. The standard InChI is InChI=1S/C12H19N3O/c1-16-9-11-4-2-3-7-15(11)12-6-5-10(13)8-14-12/h5-6,8,11H,2-4,7,9,13H2,1H3/t11-/m0/s1. The van der Waals surface area contributed by atoms with Gasteiger partial charge in [-0.2, -0.15) is 0 Å². The number of hydrogen-bond donors (Lipinski definition) is 1. The van der Waals surface area contributed by atoms with Crippen molar-refractivity contribution in [1.29, 1.82) is 0 Å². The van der Waals surface area contributed by atoms with Crippen LogP contribution in [0.5, 0.6) is 0 Å². The summed E-state index contributed by atoms with van der Waals surface area (Å²) in [7, 11) is 1.75. The van der Waals surface area contributed by atoms with Gasteiger partial charge in [0.15, 0.2) is 0 Å². The van der Waals surface area contributed by atoms with Crippen LogP contribution in [0.15, 0.2) is 18.3 Å². The molecule has 0 aromatic carbocycles. The van der Waals surface area contributed by atoms with Gasteiger partial charge in [0.2, 0.25) is 0 Å². The number of nitrogen functional groups attached to an aromatic ring is 1. The number of hydrogen-bond acceptors (Lipinski definition) is 4. The maximum Gasteiger partial charge on any atom is 0.128 e. The summed E-state index contributed by atoms with van der Waals surface area (Å²) in [5, 5.41) is 0. The van der Waals surface area contributed by atoms with E-state index in [1.165, 1.54) is 19.3 Å². The van der Waals surface area contributed by atoms with E-state index in [4.69, 9.17) is 10.5 Å². The van der Waals surface area contributed by atoms with Crippen LogP contribution in [-0.4, -0.2) is 31.3 Å². The van der Waals surface area contributed by atoms with E-state index in [2.05, 4.69) is 9.88 Å². The molecule has 1 saturated heterocycles. The minimum atomic E-state index is 0.454. The van der Waals surface area contributed by atoms with Gasteiger partial charge in [0.1, 0.15) is 5.82 Å². The molecule has 16 heavy (non-hydrogen) atoms. The second kappa shape index (κ2) is 5.16. The Labute approximate surface area is 96.4 Å². The predicted molar refractivity (Wildman–Crippen MR) is 65.5 cm³/mol. The van der Waals surface area contributed by atoms with Gasteiger partial charge in [-0.25, -0.2) is 4.98 Å². The minimum Gasteiger partial charge on any atom is -0.397 e. The smallest absolute Gasteiger partial charge is 0.128 e. The fourth-order valence-electron chi connectivity index (χ4n) is 2.24. The molecule has 88 valence electrons. The number of nitrogens with zero attached hydrogens (tertiary/aromatic N) is 2. The normalized spacial score (nSPS) is 21.1. The molecule has 2 N–H and O–H groups in total. The van der Waals surface area contributed by atoms with Crippen LogP contribution in [0.2, 0.25) is 0 Å². The number of anilines is 2. The number of pyridine rings is 1. The highest BCUT2D eigenvalue weighted by Crippen LogP contribution is 2.23. The van der Waals surface area contributed by atoms with Crippen LogP contribution in [0.3, 0.4) is 0 Å². The van der Waals surface area contributed by atoms with Gasteiger partial charge in [-0.05, 0) is 31.4 Å². The molecule has 1 aliphatic rings. The molecule has 1 aromatic heterocycles. The van der Waals surface area contributed by atoms with Crippen molar-refractivity contribution in [2.75, 3.05) is 30.9 Å². The highest BCUT2D eigenvalue weighted by molar-refractivity contribution is 5.46. The molecule has 1 fully saturated rings. The Balaban J connectivity index is 2.13. The van der Waals surface area contributed by atoms with Crippen molar-refractivity contribution in [1.82, 2.24) is 4.98 Å². The first kappa shape index (κ1) is 11.2. The van der Waals surface area contributed by atoms with Gasteiger partial charge in [0.25, 0.3) is 0 Å². The van der Waals surface area contributed by atoms with Gasteiger partial charge in [0.05, 0.1) is 24.5 Å². The molecular weight excluding hydrogens is 202 g/mol. The molecule has 2 rings (SSSR count). The molecule has 2 heterocycles. The lowest BCUT2D eigenvalue weighted by Crippen LogP contribution is -2.42. The number of ether oxygens (including phenoxy) is 1. The first-order valence-corrected chi connectivity index (χ1v) is 5.78. The number of methoxy groups -OCH3 is 1. The van der Waals surface area contributed by atoms with Crippen LogP contribution in [0.1, 0.15) is 19.3 Å². The van der Waals surface area contributed by atoms with Gasteiger partial charge in [-0.1, -0.05) is 0 Å². The van der Waals surface area contributed by atoms with Crippen LogP contribution in [0.4, 0.5) is 11.5 Å². The van der Waals surface area contributed by atoms with Gasteiger partial charge in [0, 0.05) is 13.7 Å². The summed E-state index contributed by atoms with van der Waals surface area (Å²) in [5.41, 5.74) is 6.36. The van der Waals surface area contributed by atoms with E-state index in [9.17, 15) is 0 Å².